The van der Waals surface area contributed by atoms with Gasteiger partial charge < -0.3 is 4.74 Å². The third-order valence-electron chi connectivity index (χ3n) is 1.59. The number of hydrogen-bond donors (Lipinski definition) is 0. The minimum atomic E-state index is 0.634. The molecule has 0 aliphatic rings. The Bertz CT molecular complexity index is 310. The molecular formula is C9H12NOP. The molecule has 64 valence electrons. The van der Waals surface area contributed by atoms with Gasteiger partial charge in [0.2, 0.25) is 5.88 Å². The minimum absolute atomic E-state index is 0.634. The van der Waals surface area contributed by atoms with Gasteiger partial charge >= 0.3 is 0 Å². The number of rotatable bonds is 2. The monoisotopic (exact) mass is 181 g/mol. The van der Waals surface area contributed by atoms with Crippen LogP contribution in [0, 0.1) is 13.8 Å². The molecule has 0 amide bonds. The highest BCUT2D eigenvalue weighted by atomic mass is 31.0. The van der Waals surface area contributed by atoms with E-state index >= 15 is 0 Å². The van der Waals surface area contributed by atoms with Gasteiger partial charge in [0.15, 0.2) is 0 Å². The van der Waals surface area contributed by atoms with Crippen molar-refractivity contribution in [3.63, 3.8) is 0 Å². The van der Waals surface area contributed by atoms with E-state index in [4.69, 9.17) is 4.74 Å². The molecule has 0 spiro atoms. The Morgan fingerprint density at radius 2 is 2.25 bits per heavy atom. The molecule has 0 fully saturated rings. The molecular weight excluding hydrogens is 169 g/mol. The molecule has 1 heterocycles. The Labute approximate surface area is 74.9 Å². The number of aryl methyl sites for hydroxylation is 1. The Morgan fingerprint density at radius 1 is 1.58 bits per heavy atom. The number of pyridine rings is 1. The van der Waals surface area contributed by atoms with Crippen LogP contribution in [0.25, 0.3) is 0 Å². The summed E-state index contributed by atoms with van der Waals surface area (Å²) < 4.78 is 5.14. The van der Waals surface area contributed by atoms with Crippen molar-refractivity contribution in [1.29, 1.82) is 0 Å². The first-order chi connectivity index (χ1) is 5.65. The van der Waals surface area contributed by atoms with Crippen molar-refractivity contribution < 1.29 is 4.74 Å². The molecule has 1 aromatic heterocycles. The fraction of sp³-hybridized carbons (Fsp3) is 0.222. The molecule has 1 rings (SSSR count). The third-order valence-corrected chi connectivity index (χ3v) is 2.19. The van der Waals surface area contributed by atoms with E-state index in [0.717, 1.165) is 16.6 Å². The first-order valence-corrected chi connectivity index (χ1v) is 4.24. The number of nitrogens with zero attached hydrogens (tertiary/aromatic N) is 1. The van der Waals surface area contributed by atoms with Gasteiger partial charge in [-0.15, -0.1) is 9.24 Å². The summed E-state index contributed by atoms with van der Waals surface area (Å²) in [6.45, 7) is 7.39. The predicted octanol–water partition coefficient (Wildman–Crippen LogP) is 1.72. The molecule has 0 saturated carbocycles. The van der Waals surface area contributed by atoms with Gasteiger partial charge in [0.1, 0.15) is 0 Å². The topological polar surface area (TPSA) is 22.1 Å². The second-order valence-corrected chi connectivity index (χ2v) is 3.19. The van der Waals surface area contributed by atoms with Crippen LogP contribution in [0.4, 0.5) is 0 Å². The maximum Gasteiger partial charge on any atom is 0.222 e. The van der Waals surface area contributed by atoms with Crippen LogP contribution in [-0.2, 0) is 0 Å². The maximum atomic E-state index is 5.14. The molecule has 0 N–H and O–H groups in total. The maximum absolute atomic E-state index is 5.14. The Hall–Kier alpha value is -0.880. The highest BCUT2D eigenvalue weighted by molar-refractivity contribution is 7.27. The summed E-state index contributed by atoms with van der Waals surface area (Å²) in [5.74, 6) is 0.634. The zero-order valence-electron chi connectivity index (χ0n) is 7.29. The molecule has 0 saturated heterocycles. The Morgan fingerprint density at radius 3 is 2.83 bits per heavy atom. The van der Waals surface area contributed by atoms with E-state index in [1.807, 2.05) is 19.9 Å². The molecule has 12 heavy (non-hydrogen) atoms. The second-order valence-electron chi connectivity index (χ2n) is 2.57. The van der Waals surface area contributed by atoms with E-state index in [1.165, 1.54) is 6.26 Å². The normalized spacial score (nSPS) is 9.58. The number of ether oxygens (including phenoxy) is 1. The van der Waals surface area contributed by atoms with Gasteiger partial charge in [0.25, 0.3) is 0 Å². The quantitative estimate of drug-likeness (QED) is 0.512. The van der Waals surface area contributed by atoms with Crippen LogP contribution >= 0.6 is 9.24 Å². The van der Waals surface area contributed by atoms with Crippen LogP contribution in [0.2, 0.25) is 0 Å². The van der Waals surface area contributed by atoms with E-state index in [1.54, 1.807) is 0 Å². The average Bonchev–Trinajstić information content (AvgIpc) is 2.00. The first-order valence-electron chi connectivity index (χ1n) is 3.66. The van der Waals surface area contributed by atoms with E-state index in [2.05, 4.69) is 20.8 Å². The third kappa shape index (κ3) is 1.83. The van der Waals surface area contributed by atoms with Gasteiger partial charge in [-0.05, 0) is 25.2 Å². The van der Waals surface area contributed by atoms with E-state index in [9.17, 15) is 0 Å². The highest BCUT2D eigenvalue weighted by Gasteiger charge is 2.03. The van der Waals surface area contributed by atoms with Crippen LogP contribution < -0.4 is 10.0 Å². The van der Waals surface area contributed by atoms with Crippen LogP contribution in [0.1, 0.15) is 11.3 Å². The highest BCUT2D eigenvalue weighted by Crippen LogP contribution is 2.14. The minimum Gasteiger partial charge on any atom is -0.447 e. The summed E-state index contributed by atoms with van der Waals surface area (Å²) in [6.07, 6.45) is 1.39. The standard InChI is InChI=1S/C9H12NOP/c1-4-11-9-7(3)8(12)5-6(2)10-9/h4-5H,1,12H2,2-3H3. The first kappa shape index (κ1) is 9.21. The Kier molecular flexibility index (Phi) is 2.83. The molecule has 1 atom stereocenters. The van der Waals surface area contributed by atoms with Crippen molar-refractivity contribution in [3.05, 3.63) is 30.2 Å². The second kappa shape index (κ2) is 3.68. The van der Waals surface area contributed by atoms with Gasteiger partial charge in [-0.1, -0.05) is 6.58 Å². The summed E-state index contributed by atoms with van der Waals surface area (Å²) in [5.41, 5.74) is 1.98. The van der Waals surface area contributed by atoms with Gasteiger partial charge in [-0.3, -0.25) is 0 Å². The van der Waals surface area contributed by atoms with Crippen molar-refractivity contribution >= 4 is 14.5 Å². The molecule has 0 aliphatic heterocycles. The number of hydrogen-bond acceptors (Lipinski definition) is 2. The molecule has 0 aliphatic carbocycles. The summed E-state index contributed by atoms with van der Waals surface area (Å²) in [4.78, 5) is 4.22. The SMILES string of the molecule is C=COc1nc(C)cc(P)c1C. The van der Waals surface area contributed by atoms with Gasteiger partial charge in [0.05, 0.1) is 6.26 Å². The van der Waals surface area contributed by atoms with Crippen molar-refractivity contribution in [2.75, 3.05) is 0 Å². The summed E-state index contributed by atoms with van der Waals surface area (Å²) in [5, 5.41) is 1.11. The van der Waals surface area contributed by atoms with Crippen LogP contribution in [-0.4, -0.2) is 4.98 Å². The molecule has 3 heteroatoms. The van der Waals surface area contributed by atoms with Crippen LogP contribution in [0.5, 0.6) is 5.88 Å². The smallest absolute Gasteiger partial charge is 0.222 e. The lowest BCUT2D eigenvalue weighted by Crippen LogP contribution is -2.03. The summed E-state index contributed by atoms with van der Waals surface area (Å²) in [6, 6.07) is 2.00. The van der Waals surface area contributed by atoms with Gasteiger partial charge in [0, 0.05) is 11.3 Å². The average molecular weight is 181 g/mol. The lowest BCUT2D eigenvalue weighted by molar-refractivity contribution is 0.459. The number of aromatic nitrogens is 1. The molecule has 2 nitrogen and oxygen atoms in total. The van der Waals surface area contributed by atoms with Crippen LogP contribution in [0.15, 0.2) is 18.9 Å². The van der Waals surface area contributed by atoms with Crippen molar-refractivity contribution in [2.24, 2.45) is 0 Å². The van der Waals surface area contributed by atoms with Gasteiger partial charge in [-0.2, -0.15) is 0 Å². The van der Waals surface area contributed by atoms with E-state index < -0.39 is 0 Å². The van der Waals surface area contributed by atoms with E-state index in [0.29, 0.717) is 5.88 Å². The van der Waals surface area contributed by atoms with Crippen molar-refractivity contribution in [3.8, 4) is 5.88 Å². The zero-order chi connectivity index (χ0) is 9.14. The fourth-order valence-electron chi connectivity index (χ4n) is 0.927. The zero-order valence-corrected chi connectivity index (χ0v) is 8.45. The van der Waals surface area contributed by atoms with Crippen LogP contribution in [0.3, 0.4) is 0 Å². The fourth-order valence-corrected chi connectivity index (χ4v) is 1.29. The van der Waals surface area contributed by atoms with Crippen molar-refractivity contribution in [2.45, 2.75) is 13.8 Å². The lowest BCUT2D eigenvalue weighted by Gasteiger charge is -2.06. The molecule has 1 unspecified atom stereocenters. The van der Waals surface area contributed by atoms with Gasteiger partial charge in [-0.25, -0.2) is 4.98 Å². The molecule has 1 aromatic rings. The largest absolute Gasteiger partial charge is 0.447 e. The summed E-state index contributed by atoms with van der Waals surface area (Å²) in [7, 11) is 2.65. The van der Waals surface area contributed by atoms with Crippen molar-refractivity contribution in [1.82, 2.24) is 4.98 Å². The predicted molar refractivity (Wildman–Crippen MR) is 53.9 cm³/mol. The van der Waals surface area contributed by atoms with E-state index in [-0.39, 0.29) is 0 Å². The lowest BCUT2D eigenvalue weighted by atomic mass is 10.2. The molecule has 0 bridgehead atoms. The summed E-state index contributed by atoms with van der Waals surface area (Å²) >= 11 is 0. The molecule has 0 aromatic carbocycles. The molecule has 0 radical (unpaired) electrons. The Balaban J connectivity index is 3.17.